The predicted molar refractivity (Wildman–Crippen MR) is 60.0 cm³/mol. The molecule has 0 saturated heterocycles. The number of halogens is 1. The molecule has 0 unspecified atom stereocenters. The van der Waals surface area contributed by atoms with E-state index in [2.05, 4.69) is 4.98 Å². The lowest BCUT2D eigenvalue weighted by atomic mass is 9.93. The first kappa shape index (κ1) is 10.2. The van der Waals surface area contributed by atoms with Gasteiger partial charge in [0.05, 0.1) is 10.5 Å². The van der Waals surface area contributed by atoms with Crippen LogP contribution in [0.4, 0.5) is 0 Å². The van der Waals surface area contributed by atoms with Gasteiger partial charge in [-0.1, -0.05) is 37.0 Å². The maximum Gasteiger partial charge on any atom is 0.114 e. The van der Waals surface area contributed by atoms with Crippen LogP contribution in [0.15, 0.2) is 24.4 Å². The first-order chi connectivity index (χ1) is 6.29. The van der Waals surface area contributed by atoms with Crippen LogP contribution in [0.25, 0.3) is 10.9 Å². The van der Waals surface area contributed by atoms with Crippen molar-refractivity contribution in [1.29, 1.82) is 0 Å². The Morgan fingerprint density at radius 2 is 1.92 bits per heavy atom. The second-order valence-corrected chi connectivity index (χ2v) is 2.81. The summed E-state index contributed by atoms with van der Waals surface area (Å²) in [7, 11) is 5.69. The van der Waals surface area contributed by atoms with Crippen molar-refractivity contribution in [3.8, 4) is 0 Å². The van der Waals surface area contributed by atoms with Gasteiger partial charge in [0, 0.05) is 6.20 Å². The molecule has 0 aliphatic rings. The van der Waals surface area contributed by atoms with Gasteiger partial charge in [-0.2, -0.15) is 0 Å². The molecule has 2 aromatic rings. The molecule has 2 rings (SSSR count). The number of benzene rings is 1. The molecule has 0 atom stereocenters. The summed E-state index contributed by atoms with van der Waals surface area (Å²) in [5.41, 5.74) is 1.66. The van der Waals surface area contributed by atoms with Crippen molar-refractivity contribution in [2.24, 2.45) is 0 Å². The zero-order valence-corrected chi connectivity index (χ0v) is 8.52. The molecule has 0 fully saturated rings. The molecule has 66 valence electrons. The van der Waals surface area contributed by atoms with Gasteiger partial charge in [-0.05, 0) is 17.5 Å². The third kappa shape index (κ3) is 1.89. The van der Waals surface area contributed by atoms with Crippen molar-refractivity contribution in [3.05, 3.63) is 29.4 Å². The molecule has 0 spiro atoms. The molecular formula is C10H11BClN. The standard InChI is InChI=1S/C8H5BClN.C2H6/c9-6-1-2-7(10)8-5(6)3-4-11-8;1-2/h1-4,11H;1-2H3. The van der Waals surface area contributed by atoms with Crippen LogP contribution >= 0.6 is 11.6 Å². The first-order valence-electron chi connectivity index (χ1n) is 4.30. The molecule has 2 radical (unpaired) electrons. The molecule has 1 nitrogen and oxygen atoms in total. The van der Waals surface area contributed by atoms with Gasteiger partial charge < -0.3 is 4.98 Å². The van der Waals surface area contributed by atoms with Gasteiger partial charge in [-0.3, -0.25) is 0 Å². The van der Waals surface area contributed by atoms with Crippen molar-refractivity contribution in [2.45, 2.75) is 13.8 Å². The average Bonchev–Trinajstić information content (AvgIpc) is 2.64. The van der Waals surface area contributed by atoms with E-state index in [-0.39, 0.29) is 0 Å². The second kappa shape index (κ2) is 4.38. The molecule has 3 heteroatoms. The summed E-state index contributed by atoms with van der Waals surface area (Å²) in [6.07, 6.45) is 1.83. The van der Waals surface area contributed by atoms with E-state index < -0.39 is 0 Å². The number of fused-ring (bicyclic) bond motifs is 1. The number of aromatic nitrogens is 1. The number of H-pyrrole nitrogens is 1. The van der Waals surface area contributed by atoms with Crippen LogP contribution in [0.5, 0.6) is 0 Å². The summed E-state index contributed by atoms with van der Waals surface area (Å²) in [6, 6.07) is 5.50. The van der Waals surface area contributed by atoms with Gasteiger partial charge in [-0.15, -0.1) is 0 Å². The highest BCUT2D eigenvalue weighted by Gasteiger charge is 2.00. The minimum atomic E-state index is 0.708. The summed E-state index contributed by atoms with van der Waals surface area (Å²) in [4.78, 5) is 3.02. The van der Waals surface area contributed by atoms with Crippen molar-refractivity contribution in [1.82, 2.24) is 4.98 Å². The quantitative estimate of drug-likeness (QED) is 0.616. The molecule has 1 aromatic carbocycles. The van der Waals surface area contributed by atoms with E-state index in [1.54, 1.807) is 12.1 Å². The van der Waals surface area contributed by atoms with Gasteiger partial charge in [-0.25, -0.2) is 0 Å². The third-order valence-electron chi connectivity index (χ3n) is 1.71. The number of hydrogen-bond donors (Lipinski definition) is 1. The van der Waals surface area contributed by atoms with E-state index in [1.807, 2.05) is 26.1 Å². The minimum Gasteiger partial charge on any atom is -0.360 e. The average molecular weight is 191 g/mol. The van der Waals surface area contributed by atoms with Crippen LogP contribution in [-0.4, -0.2) is 12.8 Å². The Morgan fingerprint density at radius 1 is 1.23 bits per heavy atom. The molecule has 1 heterocycles. The number of aromatic amines is 1. The van der Waals surface area contributed by atoms with Gasteiger partial charge in [0.25, 0.3) is 0 Å². The zero-order valence-electron chi connectivity index (χ0n) is 7.76. The fraction of sp³-hybridized carbons (Fsp3) is 0.200. The Bertz CT molecular complexity index is 359. The van der Waals surface area contributed by atoms with Gasteiger partial charge in [0.15, 0.2) is 0 Å². The highest BCUT2D eigenvalue weighted by Crippen LogP contribution is 2.18. The molecule has 0 bridgehead atoms. The van der Waals surface area contributed by atoms with E-state index in [0.717, 1.165) is 16.4 Å². The summed E-state index contributed by atoms with van der Waals surface area (Å²) in [5.74, 6) is 0. The number of nitrogens with one attached hydrogen (secondary N) is 1. The first-order valence-corrected chi connectivity index (χ1v) is 4.68. The predicted octanol–water partition coefficient (Wildman–Crippen LogP) is 2.64. The SMILES string of the molecule is CC.[B]c1ccc(Cl)c2[nH]ccc12. The molecule has 1 aromatic heterocycles. The molecule has 13 heavy (non-hydrogen) atoms. The molecule has 0 aliphatic carbocycles. The van der Waals surface area contributed by atoms with Crippen LogP contribution in [0.3, 0.4) is 0 Å². The Morgan fingerprint density at radius 3 is 2.54 bits per heavy atom. The van der Waals surface area contributed by atoms with Crippen LogP contribution < -0.4 is 5.46 Å². The monoisotopic (exact) mass is 191 g/mol. The highest BCUT2D eigenvalue weighted by molar-refractivity contribution is 6.42. The molecule has 0 saturated carbocycles. The van der Waals surface area contributed by atoms with Crippen molar-refractivity contribution in [2.75, 3.05) is 0 Å². The van der Waals surface area contributed by atoms with E-state index >= 15 is 0 Å². The lowest BCUT2D eigenvalue weighted by molar-refractivity contribution is 1.48. The number of rotatable bonds is 0. The molecule has 0 amide bonds. The third-order valence-corrected chi connectivity index (χ3v) is 2.02. The maximum absolute atomic E-state index is 5.88. The summed E-state index contributed by atoms with van der Waals surface area (Å²) in [6.45, 7) is 4.00. The van der Waals surface area contributed by atoms with E-state index in [0.29, 0.717) is 5.02 Å². The maximum atomic E-state index is 5.88. The fourth-order valence-electron chi connectivity index (χ4n) is 1.14. The normalized spacial score (nSPS) is 9.46. The van der Waals surface area contributed by atoms with Gasteiger partial charge in [0.2, 0.25) is 0 Å². The summed E-state index contributed by atoms with van der Waals surface area (Å²) in [5, 5.41) is 1.69. The zero-order chi connectivity index (χ0) is 9.84. The second-order valence-electron chi connectivity index (χ2n) is 2.40. The molecule has 1 N–H and O–H groups in total. The fourth-order valence-corrected chi connectivity index (χ4v) is 1.36. The van der Waals surface area contributed by atoms with Gasteiger partial charge in [0.1, 0.15) is 7.85 Å². The smallest absolute Gasteiger partial charge is 0.114 e. The van der Waals surface area contributed by atoms with Crippen molar-refractivity contribution >= 4 is 35.8 Å². The van der Waals surface area contributed by atoms with E-state index in [9.17, 15) is 0 Å². The molecular weight excluding hydrogens is 180 g/mol. The largest absolute Gasteiger partial charge is 0.360 e. The van der Waals surface area contributed by atoms with Crippen LogP contribution in [0, 0.1) is 0 Å². The Balaban J connectivity index is 0.000000396. The minimum absolute atomic E-state index is 0.708. The molecule has 0 aliphatic heterocycles. The Labute approximate surface area is 84.5 Å². The van der Waals surface area contributed by atoms with E-state index in [4.69, 9.17) is 19.4 Å². The number of hydrogen-bond acceptors (Lipinski definition) is 0. The topological polar surface area (TPSA) is 15.8 Å². The van der Waals surface area contributed by atoms with Crippen molar-refractivity contribution < 1.29 is 0 Å². The lowest BCUT2D eigenvalue weighted by Gasteiger charge is -1.96. The van der Waals surface area contributed by atoms with E-state index in [1.165, 1.54) is 0 Å². The lowest BCUT2D eigenvalue weighted by Crippen LogP contribution is -2.01. The Kier molecular flexibility index (Phi) is 3.43. The highest BCUT2D eigenvalue weighted by atomic mass is 35.5. The van der Waals surface area contributed by atoms with Crippen molar-refractivity contribution in [3.63, 3.8) is 0 Å². The van der Waals surface area contributed by atoms with Gasteiger partial charge >= 0.3 is 0 Å². The Hall–Kier alpha value is -0.885. The van der Waals surface area contributed by atoms with Crippen LogP contribution in [0.1, 0.15) is 13.8 Å². The van der Waals surface area contributed by atoms with Crippen LogP contribution in [-0.2, 0) is 0 Å². The summed E-state index contributed by atoms with van der Waals surface area (Å²) >= 11 is 5.88. The van der Waals surface area contributed by atoms with Crippen LogP contribution in [0.2, 0.25) is 5.02 Å². The summed E-state index contributed by atoms with van der Waals surface area (Å²) < 4.78 is 0.